The first kappa shape index (κ1) is 13.7. The van der Waals surface area contributed by atoms with Gasteiger partial charge in [-0.3, -0.25) is 0 Å². The first-order chi connectivity index (χ1) is 7.05. The maximum absolute atomic E-state index is 13.3. The van der Waals surface area contributed by atoms with Gasteiger partial charge in [0.2, 0.25) is 0 Å². The van der Waals surface area contributed by atoms with E-state index in [4.69, 9.17) is 10.7 Å². The quantitative estimate of drug-likeness (QED) is 0.578. The second-order valence-electron chi connectivity index (χ2n) is 2.67. The van der Waals surface area contributed by atoms with Crippen LogP contribution in [-0.4, -0.2) is 8.42 Å². The van der Waals surface area contributed by atoms with E-state index >= 15 is 0 Å². The van der Waals surface area contributed by atoms with E-state index < -0.39 is 36.0 Å². The molecule has 0 heterocycles. The third-order valence-electron chi connectivity index (χ3n) is 1.60. The highest BCUT2D eigenvalue weighted by Gasteiger charge is 2.39. The zero-order valence-electron chi connectivity index (χ0n) is 7.15. The molecule has 0 spiro atoms. The first-order valence-corrected chi connectivity index (χ1v) is 6.65. The summed E-state index contributed by atoms with van der Waals surface area (Å²) in [7, 11) is -0.0642. The fourth-order valence-corrected chi connectivity index (χ4v) is 2.68. The molecule has 0 aliphatic carbocycles. The normalized spacial score (nSPS) is 12.9. The van der Waals surface area contributed by atoms with Gasteiger partial charge in [0.25, 0.3) is 9.05 Å². The van der Waals surface area contributed by atoms with Crippen molar-refractivity contribution in [3.63, 3.8) is 0 Å². The second-order valence-corrected chi connectivity index (χ2v) is 6.03. The van der Waals surface area contributed by atoms with Crippen LogP contribution in [0.15, 0.2) is 21.5 Å². The summed E-state index contributed by atoms with van der Waals surface area (Å²) in [6.07, 6.45) is -5.00. The van der Waals surface area contributed by atoms with Gasteiger partial charge >= 0.3 is 6.18 Å². The lowest BCUT2D eigenvalue weighted by molar-refractivity contribution is -0.140. The number of benzene rings is 1. The van der Waals surface area contributed by atoms with Gasteiger partial charge in [0, 0.05) is 10.7 Å². The minimum Gasteiger partial charge on any atom is -0.207 e. The Morgan fingerprint density at radius 2 is 1.75 bits per heavy atom. The van der Waals surface area contributed by atoms with Crippen LogP contribution in [0.2, 0.25) is 0 Å². The molecule has 2 nitrogen and oxygen atoms in total. The van der Waals surface area contributed by atoms with Crippen molar-refractivity contribution in [3.8, 4) is 0 Å². The Morgan fingerprint density at radius 1 is 1.25 bits per heavy atom. The molecular formula is C7H2BrClF4O2S. The van der Waals surface area contributed by atoms with Crippen LogP contribution < -0.4 is 0 Å². The van der Waals surface area contributed by atoms with Crippen LogP contribution in [0.4, 0.5) is 17.6 Å². The van der Waals surface area contributed by atoms with Crippen molar-refractivity contribution in [1.82, 2.24) is 0 Å². The van der Waals surface area contributed by atoms with E-state index in [9.17, 15) is 26.0 Å². The first-order valence-electron chi connectivity index (χ1n) is 3.55. The Bertz CT molecular complexity index is 526. The van der Waals surface area contributed by atoms with Gasteiger partial charge < -0.3 is 0 Å². The highest BCUT2D eigenvalue weighted by Crippen LogP contribution is 2.38. The zero-order chi connectivity index (χ0) is 12.7. The van der Waals surface area contributed by atoms with Crippen molar-refractivity contribution in [2.45, 2.75) is 11.1 Å². The SMILES string of the molecule is O=S(=O)(Cl)c1c(C(F)(F)F)ccc(Br)c1F. The average Bonchev–Trinajstić information content (AvgIpc) is 2.05. The molecule has 0 amide bonds. The summed E-state index contributed by atoms with van der Waals surface area (Å²) in [5.41, 5.74) is -1.64. The van der Waals surface area contributed by atoms with Crippen LogP contribution in [0.5, 0.6) is 0 Å². The van der Waals surface area contributed by atoms with Gasteiger partial charge in [-0.1, -0.05) is 0 Å². The molecule has 0 aliphatic rings. The lowest BCUT2D eigenvalue weighted by Gasteiger charge is -2.11. The Morgan fingerprint density at radius 3 is 2.12 bits per heavy atom. The van der Waals surface area contributed by atoms with Crippen molar-refractivity contribution >= 4 is 35.7 Å². The van der Waals surface area contributed by atoms with Gasteiger partial charge in [0.1, 0.15) is 4.90 Å². The van der Waals surface area contributed by atoms with Gasteiger partial charge in [-0.05, 0) is 28.1 Å². The Labute approximate surface area is 101 Å². The van der Waals surface area contributed by atoms with E-state index in [0.717, 1.165) is 6.07 Å². The summed E-state index contributed by atoms with van der Waals surface area (Å²) in [6.45, 7) is 0. The van der Waals surface area contributed by atoms with Gasteiger partial charge in [-0.15, -0.1) is 0 Å². The molecular weight excluding hydrogens is 339 g/mol. The molecule has 1 aromatic rings. The smallest absolute Gasteiger partial charge is 0.207 e. The molecule has 9 heteroatoms. The molecule has 1 aromatic carbocycles. The third-order valence-corrected chi connectivity index (χ3v) is 3.56. The number of alkyl halides is 3. The van der Waals surface area contributed by atoms with E-state index in [1.807, 2.05) is 0 Å². The van der Waals surface area contributed by atoms with E-state index in [1.165, 1.54) is 0 Å². The third kappa shape index (κ3) is 2.67. The maximum Gasteiger partial charge on any atom is 0.417 e. The highest BCUT2D eigenvalue weighted by molar-refractivity contribution is 9.10. The molecule has 0 aliphatic heterocycles. The zero-order valence-corrected chi connectivity index (χ0v) is 10.3. The number of halogens is 6. The van der Waals surface area contributed by atoms with Crippen molar-refractivity contribution in [1.29, 1.82) is 0 Å². The van der Waals surface area contributed by atoms with Gasteiger partial charge in [-0.2, -0.15) is 13.2 Å². The molecule has 0 N–H and O–H groups in total. The fourth-order valence-electron chi connectivity index (χ4n) is 0.994. The van der Waals surface area contributed by atoms with Crippen LogP contribution in [0.25, 0.3) is 0 Å². The fraction of sp³-hybridized carbons (Fsp3) is 0.143. The van der Waals surface area contributed by atoms with Crippen molar-refractivity contribution in [2.24, 2.45) is 0 Å². The lowest BCUT2D eigenvalue weighted by Crippen LogP contribution is -2.12. The van der Waals surface area contributed by atoms with Crippen molar-refractivity contribution < 1.29 is 26.0 Å². The average molecular weight is 342 g/mol. The lowest BCUT2D eigenvalue weighted by atomic mass is 10.2. The molecule has 0 atom stereocenters. The van der Waals surface area contributed by atoms with Gasteiger partial charge in [0.15, 0.2) is 5.82 Å². The number of rotatable bonds is 1. The predicted octanol–water partition coefficient (Wildman–Crippen LogP) is 3.53. The molecule has 0 aromatic heterocycles. The minimum atomic E-state index is -5.00. The van der Waals surface area contributed by atoms with Crippen LogP contribution in [0.1, 0.15) is 5.56 Å². The summed E-state index contributed by atoms with van der Waals surface area (Å²) in [4.78, 5) is -1.57. The summed E-state index contributed by atoms with van der Waals surface area (Å²) in [5, 5.41) is 0. The van der Waals surface area contributed by atoms with E-state index in [2.05, 4.69) is 15.9 Å². The minimum absolute atomic E-state index is 0.417. The molecule has 16 heavy (non-hydrogen) atoms. The summed E-state index contributed by atoms with van der Waals surface area (Å²) in [5.74, 6) is -1.56. The second kappa shape index (κ2) is 4.15. The van der Waals surface area contributed by atoms with Crippen LogP contribution in [0, 0.1) is 5.82 Å². The van der Waals surface area contributed by atoms with E-state index in [1.54, 1.807) is 0 Å². The van der Waals surface area contributed by atoms with Crippen LogP contribution in [0.3, 0.4) is 0 Å². The molecule has 90 valence electrons. The summed E-state index contributed by atoms with van der Waals surface area (Å²) < 4.78 is 71.8. The molecule has 0 saturated carbocycles. The predicted molar refractivity (Wildman–Crippen MR) is 52.1 cm³/mol. The van der Waals surface area contributed by atoms with Crippen LogP contribution >= 0.6 is 26.6 Å². The standard InChI is InChI=1S/C7H2BrClF4O2S/c8-4-2-1-3(7(11,12)13)6(5(4)10)16(9,14)15/h1-2H. The van der Waals surface area contributed by atoms with E-state index in [-0.39, 0.29) is 0 Å². The molecule has 0 bridgehead atoms. The number of hydrogen-bond donors (Lipinski definition) is 0. The van der Waals surface area contributed by atoms with Crippen molar-refractivity contribution in [3.05, 3.63) is 28.0 Å². The monoisotopic (exact) mass is 340 g/mol. The highest BCUT2D eigenvalue weighted by atomic mass is 79.9. The molecule has 0 saturated heterocycles. The van der Waals surface area contributed by atoms with Gasteiger partial charge in [0.05, 0.1) is 10.0 Å². The van der Waals surface area contributed by atoms with Crippen molar-refractivity contribution in [2.75, 3.05) is 0 Å². The molecule has 1 rings (SSSR count). The summed E-state index contributed by atoms with van der Waals surface area (Å²) in [6, 6.07) is 1.19. The largest absolute Gasteiger partial charge is 0.417 e. The topological polar surface area (TPSA) is 34.1 Å². The Kier molecular flexibility index (Phi) is 3.56. The summed E-state index contributed by atoms with van der Waals surface area (Å²) >= 11 is 2.57. The number of hydrogen-bond acceptors (Lipinski definition) is 2. The Balaban J connectivity index is 3.73. The van der Waals surface area contributed by atoms with Crippen LogP contribution in [-0.2, 0) is 15.2 Å². The maximum atomic E-state index is 13.3. The molecule has 0 unspecified atom stereocenters. The molecule has 0 fully saturated rings. The van der Waals surface area contributed by atoms with E-state index in [0.29, 0.717) is 6.07 Å². The van der Waals surface area contributed by atoms with Gasteiger partial charge in [-0.25, -0.2) is 12.8 Å². The molecule has 0 radical (unpaired) electrons. The Hall–Kier alpha value is -0.340.